The normalized spacial score (nSPS) is 24.5. The van der Waals surface area contributed by atoms with Gasteiger partial charge in [0.15, 0.2) is 11.5 Å². The molecule has 0 saturated heterocycles. The molecular formula is C20H18O3. The van der Waals surface area contributed by atoms with Gasteiger partial charge in [-0.1, -0.05) is 42.5 Å². The van der Waals surface area contributed by atoms with E-state index in [1.54, 1.807) is 0 Å². The van der Waals surface area contributed by atoms with Crippen molar-refractivity contribution in [3.05, 3.63) is 72.0 Å². The van der Waals surface area contributed by atoms with Crippen molar-refractivity contribution in [3.8, 4) is 17.2 Å². The summed E-state index contributed by atoms with van der Waals surface area (Å²) in [6, 6.07) is 15.8. The highest BCUT2D eigenvalue weighted by atomic mass is 16.5. The van der Waals surface area contributed by atoms with Crippen LogP contribution in [0.1, 0.15) is 12.5 Å². The molecule has 0 fully saturated rings. The molecule has 2 aliphatic rings. The van der Waals surface area contributed by atoms with E-state index in [1.807, 2.05) is 48.5 Å². The van der Waals surface area contributed by atoms with Crippen molar-refractivity contribution in [2.24, 2.45) is 5.92 Å². The highest BCUT2D eigenvalue weighted by Crippen LogP contribution is 2.35. The molecule has 0 spiro atoms. The lowest BCUT2D eigenvalue weighted by Crippen LogP contribution is -2.25. The Morgan fingerprint density at radius 1 is 0.913 bits per heavy atom. The SMILES string of the molecule is C[C@H]1Oc2ccccc2OC/C=C2/Oc3ccccc3C=C[C@@H]21. The third-order valence-electron chi connectivity index (χ3n) is 4.15. The fraction of sp³-hybridized carbons (Fsp3) is 0.200. The van der Waals surface area contributed by atoms with E-state index in [1.165, 1.54) is 0 Å². The van der Waals surface area contributed by atoms with Crippen molar-refractivity contribution >= 4 is 6.08 Å². The van der Waals surface area contributed by atoms with Gasteiger partial charge in [0.1, 0.15) is 24.2 Å². The van der Waals surface area contributed by atoms with Gasteiger partial charge in [-0.2, -0.15) is 0 Å². The van der Waals surface area contributed by atoms with E-state index in [0.717, 1.165) is 28.6 Å². The Bertz CT molecular complexity index is 776. The maximum Gasteiger partial charge on any atom is 0.161 e. The van der Waals surface area contributed by atoms with E-state index in [0.29, 0.717) is 6.61 Å². The second-order valence-electron chi connectivity index (χ2n) is 5.71. The standard InChI is InChI=1S/C20H18O3/c1-14-16-11-10-15-6-2-3-7-17(15)23-18(16)12-13-21-19-8-4-5-9-20(19)22-14/h2-12,14,16H,13H2,1H3/b18-12+/t14-,16-/m1/s1. The maximum absolute atomic E-state index is 6.16. The summed E-state index contributed by atoms with van der Waals surface area (Å²) >= 11 is 0. The van der Waals surface area contributed by atoms with Crippen molar-refractivity contribution < 1.29 is 14.2 Å². The molecule has 0 amide bonds. The van der Waals surface area contributed by atoms with E-state index >= 15 is 0 Å². The number of hydrogen-bond acceptors (Lipinski definition) is 3. The van der Waals surface area contributed by atoms with Crippen LogP contribution in [0.3, 0.4) is 0 Å². The van der Waals surface area contributed by atoms with Gasteiger partial charge in [0.25, 0.3) is 0 Å². The van der Waals surface area contributed by atoms with Crippen LogP contribution < -0.4 is 14.2 Å². The lowest BCUT2D eigenvalue weighted by atomic mass is 9.99. The molecule has 0 aliphatic carbocycles. The topological polar surface area (TPSA) is 27.7 Å². The molecule has 2 atom stereocenters. The first kappa shape index (κ1) is 13.9. The van der Waals surface area contributed by atoms with Crippen LogP contribution >= 0.6 is 0 Å². The number of benzene rings is 2. The maximum atomic E-state index is 6.16. The minimum absolute atomic E-state index is 0.0390. The highest BCUT2D eigenvalue weighted by Gasteiger charge is 2.27. The Morgan fingerprint density at radius 3 is 2.52 bits per heavy atom. The second kappa shape index (κ2) is 5.84. The molecule has 3 heteroatoms. The zero-order valence-corrected chi connectivity index (χ0v) is 12.9. The molecule has 0 N–H and O–H groups in total. The van der Waals surface area contributed by atoms with E-state index in [-0.39, 0.29) is 12.0 Å². The summed E-state index contributed by atoms with van der Waals surface area (Å²) in [7, 11) is 0. The molecule has 0 unspecified atom stereocenters. The molecular weight excluding hydrogens is 288 g/mol. The quantitative estimate of drug-likeness (QED) is 0.719. The molecule has 116 valence electrons. The minimum atomic E-state index is -0.0605. The Morgan fingerprint density at radius 2 is 1.65 bits per heavy atom. The summed E-state index contributed by atoms with van der Waals surface area (Å²) in [6.07, 6.45) is 6.19. The Kier molecular flexibility index (Phi) is 3.54. The summed E-state index contributed by atoms with van der Waals surface area (Å²) in [6.45, 7) is 2.51. The number of ether oxygens (including phenoxy) is 3. The monoisotopic (exact) mass is 306 g/mol. The summed E-state index contributed by atoms with van der Waals surface area (Å²) in [4.78, 5) is 0. The largest absolute Gasteiger partial charge is 0.486 e. The van der Waals surface area contributed by atoms with Crippen LogP contribution in [0, 0.1) is 5.92 Å². The fourth-order valence-electron chi connectivity index (χ4n) is 2.93. The van der Waals surface area contributed by atoms with Crippen LogP contribution in [0.15, 0.2) is 66.4 Å². The van der Waals surface area contributed by atoms with Gasteiger partial charge in [-0.3, -0.25) is 0 Å². The first-order valence-electron chi connectivity index (χ1n) is 7.85. The molecule has 4 rings (SSSR count). The predicted molar refractivity (Wildman–Crippen MR) is 89.7 cm³/mol. The average Bonchev–Trinajstić information content (AvgIpc) is 2.72. The van der Waals surface area contributed by atoms with Gasteiger partial charge in [-0.25, -0.2) is 0 Å². The third kappa shape index (κ3) is 2.70. The highest BCUT2D eigenvalue weighted by molar-refractivity contribution is 5.59. The predicted octanol–water partition coefficient (Wildman–Crippen LogP) is 4.45. The van der Waals surface area contributed by atoms with Crippen LogP contribution in [-0.4, -0.2) is 12.7 Å². The number of hydrogen-bond donors (Lipinski definition) is 0. The van der Waals surface area contributed by atoms with Gasteiger partial charge in [0, 0.05) is 5.56 Å². The Labute approximate surface area is 135 Å². The molecule has 0 saturated carbocycles. The van der Waals surface area contributed by atoms with Crippen molar-refractivity contribution in [1.82, 2.24) is 0 Å². The zero-order valence-electron chi connectivity index (χ0n) is 12.9. The summed E-state index contributed by atoms with van der Waals surface area (Å²) < 4.78 is 18.1. The molecule has 0 aromatic heterocycles. The first-order chi connectivity index (χ1) is 11.3. The second-order valence-corrected chi connectivity index (χ2v) is 5.71. The van der Waals surface area contributed by atoms with E-state index < -0.39 is 0 Å². The molecule has 0 bridgehead atoms. The Balaban J connectivity index is 1.72. The van der Waals surface area contributed by atoms with Gasteiger partial charge in [-0.15, -0.1) is 0 Å². The molecule has 23 heavy (non-hydrogen) atoms. The lowest BCUT2D eigenvalue weighted by molar-refractivity contribution is 0.166. The average molecular weight is 306 g/mol. The van der Waals surface area contributed by atoms with Gasteiger partial charge >= 0.3 is 0 Å². The van der Waals surface area contributed by atoms with Gasteiger partial charge < -0.3 is 14.2 Å². The molecule has 2 aliphatic heterocycles. The third-order valence-corrected chi connectivity index (χ3v) is 4.15. The van der Waals surface area contributed by atoms with Crippen LogP contribution in [0.2, 0.25) is 0 Å². The summed E-state index contributed by atoms with van der Waals surface area (Å²) in [5, 5.41) is 0. The van der Waals surface area contributed by atoms with Crippen LogP contribution in [0.25, 0.3) is 6.08 Å². The van der Waals surface area contributed by atoms with E-state index in [9.17, 15) is 0 Å². The van der Waals surface area contributed by atoms with Crippen LogP contribution in [-0.2, 0) is 0 Å². The van der Waals surface area contributed by atoms with Crippen molar-refractivity contribution in [1.29, 1.82) is 0 Å². The van der Waals surface area contributed by atoms with Gasteiger partial charge in [-0.05, 0) is 31.2 Å². The molecule has 2 heterocycles. The molecule has 2 aromatic rings. The summed E-state index contributed by atoms with van der Waals surface area (Å²) in [5.74, 6) is 3.30. The smallest absolute Gasteiger partial charge is 0.161 e. The molecule has 2 aromatic carbocycles. The molecule has 0 radical (unpaired) electrons. The number of rotatable bonds is 0. The van der Waals surface area contributed by atoms with Crippen LogP contribution in [0.4, 0.5) is 0 Å². The van der Waals surface area contributed by atoms with Crippen molar-refractivity contribution in [3.63, 3.8) is 0 Å². The lowest BCUT2D eigenvalue weighted by Gasteiger charge is -2.23. The van der Waals surface area contributed by atoms with Crippen LogP contribution in [0.5, 0.6) is 17.2 Å². The van der Waals surface area contributed by atoms with Crippen molar-refractivity contribution in [2.45, 2.75) is 13.0 Å². The first-order valence-corrected chi connectivity index (χ1v) is 7.85. The number of para-hydroxylation sites is 3. The van der Waals surface area contributed by atoms with Crippen molar-refractivity contribution in [2.75, 3.05) is 6.61 Å². The van der Waals surface area contributed by atoms with E-state index in [4.69, 9.17) is 14.2 Å². The fourth-order valence-corrected chi connectivity index (χ4v) is 2.93. The minimum Gasteiger partial charge on any atom is -0.486 e. The number of fused-ring (bicyclic) bond motifs is 3. The zero-order chi connectivity index (χ0) is 15.6. The summed E-state index contributed by atoms with van der Waals surface area (Å²) in [5.41, 5.74) is 1.08. The van der Waals surface area contributed by atoms with Gasteiger partial charge in [0.05, 0.1) is 5.92 Å². The molecule has 3 nitrogen and oxygen atoms in total. The van der Waals surface area contributed by atoms with Gasteiger partial charge in [0.2, 0.25) is 0 Å². The van der Waals surface area contributed by atoms with E-state index in [2.05, 4.69) is 25.1 Å². The Hall–Kier alpha value is -2.68.